The lowest BCUT2D eigenvalue weighted by Gasteiger charge is -2.10. The van der Waals surface area contributed by atoms with Crippen LogP contribution in [-0.4, -0.2) is 0 Å². The zero-order valence-electron chi connectivity index (χ0n) is 10.3. The topological polar surface area (TPSA) is 35.8 Å². The quantitative estimate of drug-likeness (QED) is 0.859. The van der Waals surface area contributed by atoms with Gasteiger partial charge in [-0.1, -0.05) is 17.7 Å². The van der Waals surface area contributed by atoms with E-state index >= 15 is 0 Å². The fourth-order valence-electron chi connectivity index (χ4n) is 1.84. The number of anilines is 2. The minimum absolute atomic E-state index is 0.308. The molecule has 0 saturated heterocycles. The van der Waals surface area contributed by atoms with Gasteiger partial charge in [0.2, 0.25) is 0 Å². The zero-order chi connectivity index (χ0) is 13.1. The van der Waals surface area contributed by atoms with Crippen LogP contribution in [0.15, 0.2) is 36.4 Å². The van der Waals surface area contributed by atoms with E-state index in [1.165, 1.54) is 17.7 Å². The number of nitrogens with one attached hydrogen (secondary N) is 1. The van der Waals surface area contributed by atoms with Crippen LogP contribution in [0.25, 0.3) is 0 Å². The summed E-state index contributed by atoms with van der Waals surface area (Å²) in [6.45, 7) is 4.01. The maximum Gasteiger partial charge on any atom is 0.126 e. The molecule has 0 aliphatic carbocycles. The van der Waals surface area contributed by atoms with Crippen LogP contribution in [0.4, 0.5) is 15.8 Å². The van der Waals surface area contributed by atoms with Gasteiger partial charge in [-0.25, -0.2) is 4.39 Å². The highest BCUT2D eigenvalue weighted by Crippen LogP contribution is 2.22. The normalized spacial score (nSPS) is 9.89. The molecule has 90 valence electrons. The lowest BCUT2D eigenvalue weighted by molar-refractivity contribution is 0.628. The van der Waals surface area contributed by atoms with E-state index in [0.717, 1.165) is 11.3 Å². The lowest BCUT2D eigenvalue weighted by Crippen LogP contribution is -1.95. The van der Waals surface area contributed by atoms with Crippen molar-refractivity contribution in [1.82, 2.24) is 0 Å². The summed E-state index contributed by atoms with van der Waals surface area (Å²) in [5, 5.41) is 11.9. The Bertz CT molecular complexity index is 627. The molecule has 1 N–H and O–H groups in total. The van der Waals surface area contributed by atoms with Crippen molar-refractivity contribution in [3.63, 3.8) is 0 Å². The number of hydrogen-bond acceptors (Lipinski definition) is 2. The van der Waals surface area contributed by atoms with Crippen molar-refractivity contribution >= 4 is 11.4 Å². The highest BCUT2D eigenvalue weighted by molar-refractivity contribution is 5.64. The van der Waals surface area contributed by atoms with E-state index in [2.05, 4.69) is 5.32 Å². The Labute approximate surface area is 106 Å². The summed E-state index contributed by atoms with van der Waals surface area (Å²) in [5.74, 6) is -0.415. The third-order valence-corrected chi connectivity index (χ3v) is 2.69. The third kappa shape index (κ3) is 2.67. The average molecular weight is 240 g/mol. The number of nitrogens with zero attached hydrogens (tertiary/aromatic N) is 1. The molecule has 0 aliphatic heterocycles. The van der Waals surface area contributed by atoms with Gasteiger partial charge in [0, 0.05) is 11.4 Å². The molecule has 3 heteroatoms. The van der Waals surface area contributed by atoms with E-state index < -0.39 is 5.82 Å². The Kier molecular flexibility index (Phi) is 3.29. The lowest BCUT2D eigenvalue weighted by atomic mass is 10.1. The van der Waals surface area contributed by atoms with E-state index in [1.54, 1.807) is 6.07 Å². The second-order valence-corrected chi connectivity index (χ2v) is 4.28. The number of rotatable bonds is 2. The molecule has 0 bridgehead atoms. The van der Waals surface area contributed by atoms with Gasteiger partial charge in [0.05, 0.1) is 11.6 Å². The Hall–Kier alpha value is -2.34. The Balaban J connectivity index is 2.34. The summed E-state index contributed by atoms with van der Waals surface area (Å²) in [5.41, 5.74) is 4.06. The highest BCUT2D eigenvalue weighted by atomic mass is 19.1. The molecule has 0 amide bonds. The van der Waals surface area contributed by atoms with Crippen molar-refractivity contribution < 1.29 is 4.39 Å². The van der Waals surface area contributed by atoms with Crippen molar-refractivity contribution in [1.29, 1.82) is 5.26 Å². The minimum Gasteiger partial charge on any atom is -0.355 e. The number of halogens is 1. The van der Waals surface area contributed by atoms with Gasteiger partial charge < -0.3 is 5.32 Å². The van der Waals surface area contributed by atoms with E-state index in [-0.39, 0.29) is 0 Å². The smallest absolute Gasteiger partial charge is 0.126 e. The molecule has 0 aromatic heterocycles. The fraction of sp³-hybridized carbons (Fsp3) is 0.133. The maximum absolute atomic E-state index is 13.3. The number of nitriles is 1. The van der Waals surface area contributed by atoms with Crippen LogP contribution in [0.1, 0.15) is 16.7 Å². The van der Waals surface area contributed by atoms with Gasteiger partial charge in [-0.05, 0) is 43.7 Å². The second kappa shape index (κ2) is 4.89. The molecule has 0 fully saturated rings. The van der Waals surface area contributed by atoms with Crippen molar-refractivity contribution in [2.75, 3.05) is 5.32 Å². The van der Waals surface area contributed by atoms with Gasteiger partial charge >= 0.3 is 0 Å². The first kappa shape index (κ1) is 12.1. The number of hydrogen-bond donors (Lipinski definition) is 1. The Morgan fingerprint density at radius 1 is 1.11 bits per heavy atom. The van der Waals surface area contributed by atoms with E-state index in [1.807, 2.05) is 38.1 Å². The predicted octanol–water partition coefficient (Wildman–Crippen LogP) is 4.06. The monoisotopic (exact) mass is 240 g/mol. The van der Waals surface area contributed by atoms with Crippen LogP contribution < -0.4 is 5.32 Å². The first-order valence-corrected chi connectivity index (χ1v) is 5.63. The first-order valence-electron chi connectivity index (χ1n) is 5.63. The molecule has 2 nitrogen and oxygen atoms in total. The summed E-state index contributed by atoms with van der Waals surface area (Å²) >= 11 is 0. The van der Waals surface area contributed by atoms with Gasteiger partial charge in [-0.3, -0.25) is 0 Å². The van der Waals surface area contributed by atoms with Crippen LogP contribution in [0.5, 0.6) is 0 Å². The van der Waals surface area contributed by atoms with Crippen LogP contribution in [-0.2, 0) is 0 Å². The summed E-state index contributed by atoms with van der Waals surface area (Å²) in [6.07, 6.45) is 0. The summed E-state index contributed by atoms with van der Waals surface area (Å²) in [6, 6.07) is 12.1. The van der Waals surface area contributed by atoms with Crippen LogP contribution in [0.3, 0.4) is 0 Å². The summed E-state index contributed by atoms with van der Waals surface area (Å²) < 4.78 is 13.3. The van der Waals surface area contributed by atoms with E-state index in [4.69, 9.17) is 5.26 Å². The number of aryl methyl sites for hydroxylation is 2. The Morgan fingerprint density at radius 3 is 2.56 bits per heavy atom. The molecule has 0 unspecified atom stereocenters. The van der Waals surface area contributed by atoms with Crippen molar-refractivity contribution in [2.24, 2.45) is 0 Å². The zero-order valence-corrected chi connectivity index (χ0v) is 10.3. The van der Waals surface area contributed by atoms with Gasteiger partial charge in [0.15, 0.2) is 0 Å². The highest BCUT2D eigenvalue weighted by Gasteiger charge is 2.03. The third-order valence-electron chi connectivity index (χ3n) is 2.69. The molecule has 2 rings (SSSR count). The van der Waals surface area contributed by atoms with Crippen LogP contribution in [0.2, 0.25) is 0 Å². The molecule has 18 heavy (non-hydrogen) atoms. The molecule has 0 spiro atoms. The molecule has 0 radical (unpaired) electrons. The van der Waals surface area contributed by atoms with Crippen LogP contribution >= 0.6 is 0 Å². The van der Waals surface area contributed by atoms with E-state index in [0.29, 0.717) is 11.3 Å². The molecule has 2 aromatic carbocycles. The van der Waals surface area contributed by atoms with Gasteiger partial charge in [0.25, 0.3) is 0 Å². The molecular formula is C15H13FN2. The predicted molar refractivity (Wildman–Crippen MR) is 70.3 cm³/mol. The van der Waals surface area contributed by atoms with E-state index in [9.17, 15) is 4.39 Å². The standard InChI is InChI=1S/C15H13FN2/c1-10-3-4-15(11(2)5-10)18-14-7-12(9-17)6-13(16)8-14/h3-8,18H,1-2H3. The largest absolute Gasteiger partial charge is 0.355 e. The molecule has 0 heterocycles. The Morgan fingerprint density at radius 2 is 1.89 bits per heavy atom. The SMILES string of the molecule is Cc1ccc(Nc2cc(F)cc(C#N)c2)c(C)c1. The van der Waals surface area contributed by atoms with Gasteiger partial charge in [-0.15, -0.1) is 0 Å². The maximum atomic E-state index is 13.3. The van der Waals surface area contributed by atoms with Crippen molar-refractivity contribution in [3.8, 4) is 6.07 Å². The average Bonchev–Trinajstić information content (AvgIpc) is 2.32. The summed E-state index contributed by atoms with van der Waals surface area (Å²) in [7, 11) is 0. The molecule has 0 aliphatic rings. The van der Waals surface area contributed by atoms with Crippen molar-refractivity contribution in [3.05, 3.63) is 58.9 Å². The van der Waals surface area contributed by atoms with Crippen molar-refractivity contribution in [2.45, 2.75) is 13.8 Å². The molecule has 0 atom stereocenters. The van der Waals surface area contributed by atoms with Gasteiger partial charge in [0.1, 0.15) is 5.82 Å². The molecule has 2 aromatic rings. The molecule has 0 saturated carbocycles. The molecular weight excluding hydrogens is 227 g/mol. The minimum atomic E-state index is -0.415. The fourth-order valence-corrected chi connectivity index (χ4v) is 1.84. The summed E-state index contributed by atoms with van der Waals surface area (Å²) in [4.78, 5) is 0. The first-order chi connectivity index (χ1) is 8.58. The van der Waals surface area contributed by atoms with Gasteiger partial charge in [-0.2, -0.15) is 5.26 Å². The number of benzene rings is 2. The van der Waals surface area contributed by atoms with Crippen LogP contribution in [0, 0.1) is 31.0 Å². The second-order valence-electron chi connectivity index (χ2n) is 4.28.